The molecule has 0 saturated carbocycles. The minimum Gasteiger partial charge on any atom is -0.508 e. The summed E-state index contributed by atoms with van der Waals surface area (Å²) in [5.41, 5.74) is 3.91. The molecule has 0 saturated heterocycles. The van der Waals surface area contributed by atoms with Gasteiger partial charge in [0.1, 0.15) is 11.9 Å². The van der Waals surface area contributed by atoms with Gasteiger partial charge in [-0.05, 0) is 41.5 Å². The Kier molecular flexibility index (Phi) is 5.30. The van der Waals surface area contributed by atoms with Crippen molar-refractivity contribution in [1.82, 2.24) is 5.32 Å². The average molecular weight is 442 g/mol. The molecule has 0 bridgehead atoms. The molecule has 0 aromatic heterocycles. The Morgan fingerprint density at radius 3 is 2.52 bits per heavy atom. The number of halogens is 2. The fraction of sp³-hybridized carbons (Fsp3) is 0.136. The summed E-state index contributed by atoms with van der Waals surface area (Å²) in [5.74, 6) is 0.289. The molecule has 1 aliphatic rings. The van der Waals surface area contributed by atoms with Crippen LogP contribution in [0.5, 0.6) is 5.75 Å². The van der Waals surface area contributed by atoms with Gasteiger partial charge in [0.15, 0.2) is 0 Å². The Bertz CT molecular complexity index is 988. The number of nitrogens with zero attached hydrogens (tertiary/aromatic N) is 1. The summed E-state index contributed by atoms with van der Waals surface area (Å²) in [6.45, 7) is 0. The standard InChI is InChI=1S/C22H18BrClN2O/c23-16-10-8-14(9-11-16)22-25-19(15-4-3-5-17(24)12-15)13-20(26-22)18-6-1-2-7-21(18)27/h1-12,20,22,26-27H,13H2/t20-,22+/m0/s1. The summed E-state index contributed by atoms with van der Waals surface area (Å²) in [4.78, 5) is 4.95. The van der Waals surface area contributed by atoms with E-state index in [-0.39, 0.29) is 18.0 Å². The molecule has 1 aliphatic heterocycles. The van der Waals surface area contributed by atoms with Crippen LogP contribution in [-0.2, 0) is 0 Å². The molecule has 0 unspecified atom stereocenters. The van der Waals surface area contributed by atoms with E-state index in [0.717, 1.165) is 26.9 Å². The van der Waals surface area contributed by atoms with Crippen LogP contribution in [0, 0.1) is 0 Å². The second-order valence-electron chi connectivity index (χ2n) is 6.52. The molecule has 3 aromatic rings. The smallest absolute Gasteiger partial charge is 0.126 e. The fourth-order valence-corrected chi connectivity index (χ4v) is 3.80. The van der Waals surface area contributed by atoms with Gasteiger partial charge >= 0.3 is 0 Å². The number of hydrogen-bond donors (Lipinski definition) is 2. The summed E-state index contributed by atoms with van der Waals surface area (Å²) in [6, 6.07) is 23.3. The van der Waals surface area contributed by atoms with Crippen LogP contribution in [0.4, 0.5) is 0 Å². The Labute approximate surface area is 171 Å². The predicted octanol–water partition coefficient (Wildman–Crippen LogP) is 6.03. The summed E-state index contributed by atoms with van der Waals surface area (Å²) in [6.07, 6.45) is 0.468. The Balaban J connectivity index is 1.76. The molecular formula is C22H18BrClN2O. The first-order chi connectivity index (χ1) is 13.1. The summed E-state index contributed by atoms with van der Waals surface area (Å²) in [5, 5.41) is 14.6. The van der Waals surface area contributed by atoms with Crippen LogP contribution in [0.3, 0.4) is 0 Å². The van der Waals surface area contributed by atoms with E-state index in [4.69, 9.17) is 16.6 Å². The van der Waals surface area contributed by atoms with Crippen molar-refractivity contribution >= 4 is 33.2 Å². The molecule has 5 heteroatoms. The predicted molar refractivity (Wildman–Crippen MR) is 113 cm³/mol. The molecule has 27 heavy (non-hydrogen) atoms. The van der Waals surface area contributed by atoms with Gasteiger partial charge in [-0.15, -0.1) is 0 Å². The van der Waals surface area contributed by atoms with Crippen molar-refractivity contribution in [1.29, 1.82) is 0 Å². The van der Waals surface area contributed by atoms with Crippen LogP contribution in [-0.4, -0.2) is 10.8 Å². The van der Waals surface area contributed by atoms with E-state index >= 15 is 0 Å². The number of aromatic hydroxyl groups is 1. The lowest BCUT2D eigenvalue weighted by Gasteiger charge is -2.31. The highest BCUT2D eigenvalue weighted by atomic mass is 79.9. The number of phenols is 1. The lowest BCUT2D eigenvalue weighted by atomic mass is 9.93. The van der Waals surface area contributed by atoms with Gasteiger partial charge < -0.3 is 5.11 Å². The van der Waals surface area contributed by atoms with Crippen molar-refractivity contribution in [2.75, 3.05) is 0 Å². The maximum atomic E-state index is 10.3. The zero-order chi connectivity index (χ0) is 18.8. The van der Waals surface area contributed by atoms with E-state index in [9.17, 15) is 5.11 Å². The van der Waals surface area contributed by atoms with E-state index in [1.165, 1.54) is 0 Å². The van der Waals surface area contributed by atoms with Crippen LogP contribution in [0.15, 0.2) is 82.3 Å². The highest BCUT2D eigenvalue weighted by molar-refractivity contribution is 9.10. The van der Waals surface area contributed by atoms with Gasteiger partial charge in [-0.3, -0.25) is 10.3 Å². The van der Waals surface area contributed by atoms with Crippen molar-refractivity contribution in [3.05, 3.63) is 99.0 Å². The second-order valence-corrected chi connectivity index (χ2v) is 7.87. The zero-order valence-electron chi connectivity index (χ0n) is 14.4. The fourth-order valence-electron chi connectivity index (χ4n) is 3.35. The number of benzene rings is 3. The number of para-hydroxylation sites is 1. The van der Waals surface area contributed by atoms with Crippen LogP contribution in [0.25, 0.3) is 0 Å². The number of rotatable bonds is 3. The molecule has 0 spiro atoms. The second kappa shape index (κ2) is 7.85. The van der Waals surface area contributed by atoms with Crippen LogP contribution in [0.2, 0.25) is 5.02 Å². The Hall–Kier alpha value is -2.14. The van der Waals surface area contributed by atoms with Crippen molar-refractivity contribution in [3.63, 3.8) is 0 Å². The maximum Gasteiger partial charge on any atom is 0.126 e. The van der Waals surface area contributed by atoms with Crippen molar-refractivity contribution in [2.45, 2.75) is 18.6 Å². The monoisotopic (exact) mass is 440 g/mol. The third kappa shape index (κ3) is 4.08. The molecule has 136 valence electrons. The lowest BCUT2D eigenvalue weighted by molar-refractivity contribution is 0.412. The Morgan fingerprint density at radius 2 is 1.78 bits per heavy atom. The van der Waals surface area contributed by atoms with Gasteiger partial charge in [0.05, 0.1) is 0 Å². The van der Waals surface area contributed by atoms with E-state index in [0.29, 0.717) is 11.4 Å². The topological polar surface area (TPSA) is 44.6 Å². The molecule has 0 aliphatic carbocycles. The van der Waals surface area contributed by atoms with Crippen molar-refractivity contribution in [3.8, 4) is 5.75 Å². The molecule has 3 aromatic carbocycles. The summed E-state index contributed by atoms with van der Waals surface area (Å²) < 4.78 is 1.03. The molecule has 3 nitrogen and oxygen atoms in total. The van der Waals surface area contributed by atoms with E-state index in [1.807, 2.05) is 66.7 Å². The molecule has 0 amide bonds. The molecular weight excluding hydrogens is 424 g/mol. The SMILES string of the molecule is Oc1ccccc1[C@@H]1CC(c2cccc(Cl)c2)=N[C@@H](c2ccc(Br)cc2)N1. The van der Waals surface area contributed by atoms with Gasteiger partial charge in [0.2, 0.25) is 0 Å². The zero-order valence-corrected chi connectivity index (χ0v) is 16.8. The van der Waals surface area contributed by atoms with E-state index < -0.39 is 0 Å². The summed E-state index contributed by atoms with van der Waals surface area (Å²) >= 11 is 9.68. The highest BCUT2D eigenvalue weighted by Crippen LogP contribution is 2.34. The van der Waals surface area contributed by atoms with Gasteiger partial charge in [0.25, 0.3) is 0 Å². The first-order valence-electron chi connectivity index (χ1n) is 8.72. The van der Waals surface area contributed by atoms with Gasteiger partial charge in [-0.2, -0.15) is 0 Å². The van der Waals surface area contributed by atoms with Crippen molar-refractivity contribution < 1.29 is 5.11 Å². The molecule has 4 rings (SSSR count). The normalized spacial score (nSPS) is 19.6. The number of phenolic OH excluding ortho intramolecular Hbond substituents is 1. The highest BCUT2D eigenvalue weighted by Gasteiger charge is 2.27. The van der Waals surface area contributed by atoms with Gasteiger partial charge in [-0.1, -0.05) is 70.0 Å². The minimum absolute atomic E-state index is 0.0497. The van der Waals surface area contributed by atoms with E-state index in [1.54, 1.807) is 6.07 Å². The third-order valence-electron chi connectivity index (χ3n) is 4.70. The first-order valence-corrected chi connectivity index (χ1v) is 9.89. The molecule has 1 heterocycles. The quantitative estimate of drug-likeness (QED) is 0.521. The first kappa shape index (κ1) is 18.2. The number of nitrogens with one attached hydrogen (secondary N) is 1. The van der Waals surface area contributed by atoms with Gasteiger partial charge in [-0.25, -0.2) is 0 Å². The number of aliphatic imine (C=N–C) groups is 1. The summed E-state index contributed by atoms with van der Waals surface area (Å²) in [7, 11) is 0. The minimum atomic E-state index is -0.203. The van der Waals surface area contributed by atoms with E-state index in [2.05, 4.69) is 21.2 Å². The molecule has 2 N–H and O–H groups in total. The largest absolute Gasteiger partial charge is 0.508 e. The molecule has 0 fully saturated rings. The number of hydrogen-bond acceptors (Lipinski definition) is 3. The molecule has 2 atom stereocenters. The molecule has 0 radical (unpaired) electrons. The Morgan fingerprint density at radius 1 is 1.00 bits per heavy atom. The average Bonchev–Trinajstić information content (AvgIpc) is 2.68. The third-order valence-corrected chi connectivity index (χ3v) is 5.46. The lowest BCUT2D eigenvalue weighted by Crippen LogP contribution is -2.33. The van der Waals surface area contributed by atoms with Crippen LogP contribution in [0.1, 0.15) is 35.3 Å². The van der Waals surface area contributed by atoms with Gasteiger partial charge in [0, 0.05) is 33.2 Å². The van der Waals surface area contributed by atoms with Crippen molar-refractivity contribution in [2.24, 2.45) is 4.99 Å². The van der Waals surface area contributed by atoms with Crippen LogP contribution >= 0.6 is 27.5 Å². The van der Waals surface area contributed by atoms with Crippen LogP contribution < -0.4 is 5.32 Å². The maximum absolute atomic E-state index is 10.3.